The van der Waals surface area contributed by atoms with Gasteiger partial charge in [-0.3, -0.25) is 4.79 Å². The lowest BCUT2D eigenvalue weighted by Gasteiger charge is -2.12. The highest BCUT2D eigenvalue weighted by Gasteiger charge is 2.23. The van der Waals surface area contributed by atoms with E-state index in [-0.39, 0.29) is 29.9 Å². The molecule has 0 aliphatic rings. The van der Waals surface area contributed by atoms with Gasteiger partial charge in [0.05, 0.1) is 17.7 Å². The molecule has 3 aromatic rings. The number of aromatic nitrogens is 1. The van der Waals surface area contributed by atoms with Gasteiger partial charge in [-0.2, -0.15) is 11.3 Å². The minimum Gasteiger partial charge on any atom is -0.508 e. The molecule has 6 nitrogen and oxygen atoms in total. The van der Waals surface area contributed by atoms with Crippen molar-refractivity contribution in [2.24, 2.45) is 0 Å². The van der Waals surface area contributed by atoms with E-state index in [1.165, 1.54) is 24.3 Å². The summed E-state index contributed by atoms with van der Waals surface area (Å²) in [5, 5.41) is 31.2. The van der Waals surface area contributed by atoms with Crippen molar-refractivity contribution in [1.82, 2.24) is 10.5 Å². The number of carbonyl (C=O) groups excluding carboxylic acids is 1. The molecule has 136 valence electrons. The number of hydrogen-bond donors (Lipinski definition) is 3. The van der Waals surface area contributed by atoms with Crippen LogP contribution >= 0.6 is 11.3 Å². The molecule has 1 amide bonds. The van der Waals surface area contributed by atoms with Gasteiger partial charge in [-0.15, -0.1) is 0 Å². The van der Waals surface area contributed by atoms with Crippen LogP contribution in [0.1, 0.15) is 37.9 Å². The summed E-state index contributed by atoms with van der Waals surface area (Å²) in [6, 6.07) is 4.96. The van der Waals surface area contributed by atoms with Gasteiger partial charge in [0.2, 0.25) is 5.91 Å². The van der Waals surface area contributed by atoms with Gasteiger partial charge in [-0.25, -0.2) is 0 Å². The van der Waals surface area contributed by atoms with Crippen molar-refractivity contribution in [3.63, 3.8) is 0 Å². The number of amides is 1. The highest BCUT2D eigenvalue weighted by atomic mass is 32.1. The Morgan fingerprint density at radius 3 is 2.69 bits per heavy atom. The van der Waals surface area contributed by atoms with E-state index in [0.717, 1.165) is 11.1 Å². The van der Waals surface area contributed by atoms with Crippen LogP contribution in [0.25, 0.3) is 22.5 Å². The van der Waals surface area contributed by atoms with Crippen molar-refractivity contribution in [2.45, 2.75) is 33.2 Å². The molecule has 0 atom stereocenters. The summed E-state index contributed by atoms with van der Waals surface area (Å²) < 4.78 is 5.56. The van der Waals surface area contributed by atoms with Crippen molar-refractivity contribution >= 4 is 17.2 Å². The summed E-state index contributed by atoms with van der Waals surface area (Å²) in [7, 11) is 0. The first kappa shape index (κ1) is 18.0. The largest absolute Gasteiger partial charge is 0.508 e. The monoisotopic (exact) mass is 372 g/mol. The van der Waals surface area contributed by atoms with Crippen LogP contribution in [-0.4, -0.2) is 21.3 Å². The highest BCUT2D eigenvalue weighted by molar-refractivity contribution is 7.08. The van der Waals surface area contributed by atoms with E-state index in [1.54, 1.807) is 6.07 Å². The zero-order valence-corrected chi connectivity index (χ0v) is 15.6. The average molecular weight is 372 g/mol. The Kier molecular flexibility index (Phi) is 4.99. The van der Waals surface area contributed by atoms with E-state index in [4.69, 9.17) is 4.52 Å². The molecule has 3 N–H and O–H groups in total. The molecule has 1 aromatic carbocycles. The van der Waals surface area contributed by atoms with Gasteiger partial charge in [-0.1, -0.05) is 19.0 Å². The van der Waals surface area contributed by atoms with Crippen LogP contribution in [0, 0.1) is 0 Å². The number of benzene rings is 1. The summed E-state index contributed by atoms with van der Waals surface area (Å²) in [4.78, 5) is 11.3. The number of nitrogens with one attached hydrogen (secondary N) is 1. The van der Waals surface area contributed by atoms with Crippen molar-refractivity contribution in [1.29, 1.82) is 0 Å². The van der Waals surface area contributed by atoms with Gasteiger partial charge >= 0.3 is 0 Å². The Morgan fingerprint density at radius 1 is 1.31 bits per heavy atom. The molecule has 0 saturated heterocycles. The Hall–Kier alpha value is -2.80. The fourth-order valence-corrected chi connectivity index (χ4v) is 3.43. The third kappa shape index (κ3) is 3.43. The SMILES string of the molecule is CC(=O)NCc1noc(-c2cc(C(C)C)c(O)cc2O)c1-c1ccsc1. The summed E-state index contributed by atoms with van der Waals surface area (Å²) in [5.41, 5.74) is 3.34. The molecule has 0 unspecified atom stereocenters. The predicted octanol–water partition coefficient (Wildman–Crippen LogP) is 4.24. The number of aromatic hydroxyl groups is 2. The van der Waals surface area contributed by atoms with Crippen molar-refractivity contribution < 1.29 is 19.5 Å². The maximum absolute atomic E-state index is 11.3. The van der Waals surface area contributed by atoms with Gasteiger partial charge in [0.1, 0.15) is 17.2 Å². The molecular formula is C19H20N2O4S. The molecule has 0 fully saturated rings. The van der Waals surface area contributed by atoms with Crippen molar-refractivity contribution in [3.8, 4) is 33.9 Å². The number of thiophene rings is 1. The molecule has 3 rings (SSSR count). The third-order valence-corrected chi connectivity index (χ3v) is 4.77. The lowest BCUT2D eigenvalue weighted by Crippen LogP contribution is -2.19. The second-order valence-electron chi connectivity index (χ2n) is 6.34. The zero-order chi connectivity index (χ0) is 18.8. The minimum absolute atomic E-state index is 0.0383. The van der Waals surface area contributed by atoms with E-state index >= 15 is 0 Å². The molecule has 0 aliphatic carbocycles. The number of phenols is 2. The van der Waals surface area contributed by atoms with Crippen molar-refractivity contribution in [2.75, 3.05) is 0 Å². The molecule has 26 heavy (non-hydrogen) atoms. The first-order chi connectivity index (χ1) is 12.4. The van der Waals surface area contributed by atoms with Gasteiger partial charge in [0, 0.05) is 13.0 Å². The minimum atomic E-state index is -0.166. The topological polar surface area (TPSA) is 95.6 Å². The normalized spacial score (nSPS) is 11.1. The molecule has 2 heterocycles. The number of hydrogen-bond acceptors (Lipinski definition) is 6. The predicted molar refractivity (Wildman–Crippen MR) is 100 cm³/mol. The Labute approximate surface area is 155 Å². The Balaban J connectivity index is 2.17. The van der Waals surface area contributed by atoms with Crippen LogP contribution < -0.4 is 5.32 Å². The van der Waals surface area contributed by atoms with E-state index < -0.39 is 0 Å². The fourth-order valence-electron chi connectivity index (χ4n) is 2.78. The van der Waals surface area contributed by atoms with Gasteiger partial charge in [0.15, 0.2) is 5.76 Å². The maximum Gasteiger partial charge on any atom is 0.217 e. The first-order valence-corrected chi connectivity index (χ1v) is 9.14. The van der Waals surface area contributed by atoms with E-state index in [9.17, 15) is 15.0 Å². The molecule has 0 bridgehead atoms. The Morgan fingerprint density at radius 2 is 2.08 bits per heavy atom. The lowest BCUT2D eigenvalue weighted by atomic mass is 9.95. The molecule has 7 heteroatoms. The standard InChI is InChI=1S/C19H20N2O4S/c1-10(2)13-6-14(17(24)7-16(13)23)19-18(12-4-5-26-9-12)15(21-25-19)8-20-11(3)22/h4-7,9-10,23-24H,8H2,1-3H3,(H,20,22). The van der Waals surface area contributed by atoms with Crippen LogP contribution in [-0.2, 0) is 11.3 Å². The third-order valence-electron chi connectivity index (χ3n) is 4.09. The fraction of sp³-hybridized carbons (Fsp3) is 0.263. The van der Waals surface area contributed by atoms with Crippen LogP contribution in [0.15, 0.2) is 33.5 Å². The van der Waals surface area contributed by atoms with E-state index in [1.807, 2.05) is 30.7 Å². The molecule has 0 spiro atoms. The highest BCUT2D eigenvalue weighted by Crippen LogP contribution is 2.43. The van der Waals surface area contributed by atoms with E-state index in [2.05, 4.69) is 10.5 Å². The summed E-state index contributed by atoms with van der Waals surface area (Å²) in [6.07, 6.45) is 0. The number of carbonyl (C=O) groups is 1. The molecule has 0 radical (unpaired) electrons. The number of nitrogens with zero attached hydrogens (tertiary/aromatic N) is 1. The van der Waals surface area contributed by atoms with Crippen LogP contribution in [0.2, 0.25) is 0 Å². The lowest BCUT2D eigenvalue weighted by molar-refractivity contribution is -0.119. The summed E-state index contributed by atoms with van der Waals surface area (Å²) >= 11 is 1.53. The van der Waals surface area contributed by atoms with Crippen molar-refractivity contribution in [3.05, 3.63) is 40.2 Å². The molecular weight excluding hydrogens is 352 g/mol. The second kappa shape index (κ2) is 7.21. The molecule has 0 saturated carbocycles. The maximum atomic E-state index is 11.3. The number of rotatable bonds is 5. The zero-order valence-electron chi connectivity index (χ0n) is 14.7. The summed E-state index contributed by atoms with van der Waals surface area (Å²) in [6.45, 7) is 5.57. The van der Waals surface area contributed by atoms with Crippen LogP contribution in [0.3, 0.4) is 0 Å². The second-order valence-corrected chi connectivity index (χ2v) is 7.12. The van der Waals surface area contributed by atoms with Gasteiger partial charge in [0.25, 0.3) is 0 Å². The molecule has 2 aromatic heterocycles. The quantitative estimate of drug-likeness (QED) is 0.622. The van der Waals surface area contributed by atoms with Crippen LogP contribution in [0.5, 0.6) is 11.5 Å². The first-order valence-electron chi connectivity index (χ1n) is 8.20. The Bertz CT molecular complexity index is 929. The number of phenolic OH excluding ortho intramolecular Hbond substituents is 2. The summed E-state index contributed by atoms with van der Waals surface area (Å²) in [5.74, 6) is 0.256. The van der Waals surface area contributed by atoms with E-state index in [0.29, 0.717) is 22.6 Å². The van der Waals surface area contributed by atoms with Gasteiger partial charge in [-0.05, 0) is 39.9 Å². The smallest absolute Gasteiger partial charge is 0.217 e. The van der Waals surface area contributed by atoms with Gasteiger partial charge < -0.3 is 20.1 Å². The molecule has 0 aliphatic heterocycles. The average Bonchev–Trinajstić information content (AvgIpc) is 3.21. The van der Waals surface area contributed by atoms with Crippen LogP contribution in [0.4, 0.5) is 0 Å².